The molecule has 0 saturated heterocycles. The smallest absolute Gasteiger partial charge is 0.251 e. The Labute approximate surface area is 156 Å². The number of hydrogen-bond donors (Lipinski definition) is 2. The topological polar surface area (TPSA) is 35.3 Å². The van der Waals surface area contributed by atoms with Crippen LogP contribution < -0.4 is 5.32 Å². The molecule has 0 aliphatic carbocycles. The molecule has 2 N–H and O–H groups in total. The molecule has 0 aromatic carbocycles. The molecule has 0 bridgehead atoms. The Kier molecular flexibility index (Phi) is 14.8. The van der Waals surface area contributed by atoms with Crippen LogP contribution in [0.2, 0.25) is 0 Å². The van der Waals surface area contributed by atoms with Crippen LogP contribution in [-0.4, -0.2) is 35.2 Å². The zero-order valence-electron chi connectivity index (χ0n) is 16.8. The molecule has 0 amide bonds. The quantitative estimate of drug-likeness (QED) is 0.273. The predicted molar refractivity (Wildman–Crippen MR) is 109 cm³/mol. The summed E-state index contributed by atoms with van der Waals surface area (Å²) in [7, 11) is 0. The number of hydrogen-bond acceptors (Lipinski definition) is 2. The highest BCUT2D eigenvalue weighted by Crippen LogP contribution is 2.13. The number of allylic oxidation sites excluding steroid dienone is 1. The maximum absolute atomic E-state index is 9.04. The monoisotopic (exact) mass is 351 g/mol. The molecule has 0 atom stereocenters. The summed E-state index contributed by atoms with van der Waals surface area (Å²) in [5.41, 5.74) is 0. The molecule has 0 radical (unpaired) electrons. The van der Waals surface area contributed by atoms with Gasteiger partial charge < -0.3 is 5.11 Å². The Morgan fingerprint density at radius 2 is 1.44 bits per heavy atom. The summed E-state index contributed by atoms with van der Waals surface area (Å²) in [4.78, 5) is 0. The van der Waals surface area contributed by atoms with E-state index >= 15 is 0 Å². The van der Waals surface area contributed by atoms with Crippen LogP contribution in [0.15, 0.2) is 12.3 Å². The molecule has 0 spiro atoms. The zero-order chi connectivity index (χ0) is 18.0. The third-order valence-electron chi connectivity index (χ3n) is 5.14. The highest BCUT2D eigenvalue weighted by molar-refractivity contribution is 5.78. The van der Waals surface area contributed by atoms with Gasteiger partial charge in [-0.05, 0) is 18.9 Å². The first kappa shape index (κ1) is 22.2. The number of aliphatic hydroxyl groups is 1. The molecular weight excluding hydrogens is 308 g/mol. The van der Waals surface area contributed by atoms with E-state index in [1.165, 1.54) is 95.7 Å². The molecule has 3 nitrogen and oxygen atoms in total. The zero-order valence-corrected chi connectivity index (χ0v) is 16.8. The number of amidine groups is 1. The summed E-state index contributed by atoms with van der Waals surface area (Å²) in [6.07, 6.45) is 24.8. The fourth-order valence-corrected chi connectivity index (χ4v) is 3.54. The standard InChI is InChI=1S/C22H42N2O/c1-2-3-4-5-6-7-8-9-10-11-12-13-14-15-16-19-24-20-18-23-22(24)17-21-25/h16,19,25H,2-15,17-18,20-21H2,1H3/p+1. The van der Waals surface area contributed by atoms with E-state index in [0.717, 1.165) is 19.5 Å². The molecule has 3 heteroatoms. The number of nitrogens with one attached hydrogen (secondary N) is 1. The van der Waals surface area contributed by atoms with Crippen molar-refractivity contribution in [1.29, 1.82) is 0 Å². The van der Waals surface area contributed by atoms with Crippen LogP contribution in [0, 0.1) is 0 Å². The van der Waals surface area contributed by atoms with Crippen LogP contribution in [0.1, 0.15) is 103 Å². The first-order chi connectivity index (χ1) is 12.4. The summed E-state index contributed by atoms with van der Waals surface area (Å²) in [6, 6.07) is 0. The minimum absolute atomic E-state index is 0.228. The van der Waals surface area contributed by atoms with Crippen molar-refractivity contribution in [2.75, 3.05) is 19.7 Å². The molecule has 0 fully saturated rings. The van der Waals surface area contributed by atoms with E-state index in [9.17, 15) is 0 Å². The largest absolute Gasteiger partial charge is 0.396 e. The first-order valence-electron chi connectivity index (χ1n) is 11.0. The van der Waals surface area contributed by atoms with Gasteiger partial charge in [0.2, 0.25) is 0 Å². The van der Waals surface area contributed by atoms with Gasteiger partial charge in [-0.15, -0.1) is 0 Å². The lowest BCUT2D eigenvalue weighted by Crippen LogP contribution is -2.22. The fraction of sp³-hybridized carbons (Fsp3) is 0.864. The fourth-order valence-electron chi connectivity index (χ4n) is 3.54. The first-order valence-corrected chi connectivity index (χ1v) is 11.0. The van der Waals surface area contributed by atoms with Crippen LogP contribution >= 0.6 is 0 Å². The molecule has 1 aliphatic heterocycles. The van der Waals surface area contributed by atoms with Crippen molar-refractivity contribution >= 4 is 5.84 Å². The van der Waals surface area contributed by atoms with Crippen molar-refractivity contribution in [3.8, 4) is 0 Å². The van der Waals surface area contributed by atoms with E-state index < -0.39 is 0 Å². The molecule has 0 aromatic rings. The summed E-state index contributed by atoms with van der Waals surface area (Å²) < 4.78 is 2.25. The molecule has 0 unspecified atom stereocenters. The van der Waals surface area contributed by atoms with Gasteiger partial charge in [0.25, 0.3) is 5.84 Å². The van der Waals surface area contributed by atoms with Gasteiger partial charge in [-0.2, -0.15) is 0 Å². The molecular formula is C22H43N2O+. The minimum atomic E-state index is 0.228. The summed E-state index contributed by atoms with van der Waals surface area (Å²) in [5.74, 6) is 1.17. The molecule has 0 saturated carbocycles. The Bertz CT molecular complexity index is 363. The Morgan fingerprint density at radius 1 is 0.880 bits per heavy atom. The van der Waals surface area contributed by atoms with Crippen LogP contribution in [-0.2, 0) is 0 Å². The average Bonchev–Trinajstić information content (AvgIpc) is 3.06. The average molecular weight is 352 g/mol. The van der Waals surface area contributed by atoms with Crippen LogP contribution in [0.25, 0.3) is 0 Å². The molecule has 1 aliphatic rings. The lowest BCUT2D eigenvalue weighted by molar-refractivity contribution is -0.447. The Balaban J connectivity index is 1.84. The van der Waals surface area contributed by atoms with Crippen LogP contribution in [0.4, 0.5) is 0 Å². The van der Waals surface area contributed by atoms with E-state index in [4.69, 9.17) is 5.11 Å². The molecule has 0 aromatic heterocycles. The van der Waals surface area contributed by atoms with Crippen molar-refractivity contribution in [1.82, 2.24) is 5.32 Å². The van der Waals surface area contributed by atoms with Crippen LogP contribution in [0.5, 0.6) is 0 Å². The van der Waals surface area contributed by atoms with Crippen molar-refractivity contribution < 1.29 is 9.68 Å². The lowest BCUT2D eigenvalue weighted by Gasteiger charge is -2.02. The summed E-state index contributed by atoms with van der Waals surface area (Å²) in [6.45, 7) is 4.54. The number of aliphatic hydroxyl groups excluding tert-OH is 1. The molecule has 1 heterocycles. The Morgan fingerprint density at radius 3 is 2.00 bits per heavy atom. The van der Waals surface area contributed by atoms with Gasteiger partial charge >= 0.3 is 0 Å². The van der Waals surface area contributed by atoms with E-state index in [2.05, 4.69) is 29.1 Å². The number of unbranched alkanes of at least 4 members (excludes halogenated alkanes) is 13. The van der Waals surface area contributed by atoms with Crippen molar-refractivity contribution in [2.24, 2.45) is 0 Å². The highest BCUT2D eigenvalue weighted by Gasteiger charge is 2.17. The van der Waals surface area contributed by atoms with Gasteiger partial charge in [-0.1, -0.05) is 84.0 Å². The van der Waals surface area contributed by atoms with Gasteiger partial charge in [0.15, 0.2) is 0 Å². The van der Waals surface area contributed by atoms with Gasteiger partial charge in [0.1, 0.15) is 13.1 Å². The Hall–Kier alpha value is -0.830. The second-order valence-corrected chi connectivity index (χ2v) is 7.46. The van der Waals surface area contributed by atoms with E-state index in [0.29, 0.717) is 0 Å². The third kappa shape index (κ3) is 12.2. The molecule has 146 valence electrons. The predicted octanol–water partition coefficient (Wildman–Crippen LogP) is 5.38. The normalized spacial score (nSPS) is 14.6. The van der Waals surface area contributed by atoms with Gasteiger partial charge in [0, 0.05) is 0 Å². The minimum Gasteiger partial charge on any atom is -0.396 e. The van der Waals surface area contributed by atoms with Gasteiger partial charge in [-0.3, -0.25) is 5.32 Å². The van der Waals surface area contributed by atoms with Crippen molar-refractivity contribution in [3.63, 3.8) is 0 Å². The summed E-state index contributed by atoms with van der Waals surface area (Å²) >= 11 is 0. The SMILES string of the molecule is CCCCCCCCCCCCCCCC=C[N+]1=C(CCO)NCC1. The van der Waals surface area contributed by atoms with E-state index in [1.54, 1.807) is 0 Å². The summed E-state index contributed by atoms with van der Waals surface area (Å²) in [5, 5.41) is 12.4. The van der Waals surface area contributed by atoms with E-state index in [-0.39, 0.29) is 6.61 Å². The van der Waals surface area contributed by atoms with Crippen molar-refractivity contribution in [2.45, 2.75) is 103 Å². The second kappa shape index (κ2) is 16.6. The van der Waals surface area contributed by atoms with Crippen LogP contribution in [0.3, 0.4) is 0 Å². The number of nitrogens with zero attached hydrogens (tertiary/aromatic N) is 1. The van der Waals surface area contributed by atoms with Gasteiger partial charge in [-0.25, -0.2) is 4.58 Å². The van der Waals surface area contributed by atoms with Crippen molar-refractivity contribution in [3.05, 3.63) is 12.3 Å². The second-order valence-electron chi connectivity index (χ2n) is 7.46. The van der Waals surface area contributed by atoms with E-state index in [1.807, 2.05) is 0 Å². The lowest BCUT2D eigenvalue weighted by atomic mass is 10.0. The number of rotatable bonds is 17. The maximum atomic E-state index is 9.04. The third-order valence-corrected chi connectivity index (χ3v) is 5.14. The van der Waals surface area contributed by atoms with Gasteiger partial charge in [0.05, 0.1) is 19.2 Å². The molecule has 1 rings (SSSR count). The highest BCUT2D eigenvalue weighted by atomic mass is 16.3. The molecule has 25 heavy (non-hydrogen) atoms. The maximum Gasteiger partial charge on any atom is 0.251 e.